The molecule has 0 saturated carbocycles. The van der Waals surface area contributed by atoms with Gasteiger partial charge in [-0.05, 0) is 48.0 Å². The lowest BCUT2D eigenvalue weighted by Gasteiger charge is -2.26. The summed E-state index contributed by atoms with van der Waals surface area (Å²) in [5, 5.41) is 3.35. The number of benzene rings is 3. The first-order valence-electron chi connectivity index (χ1n) is 11.0. The smallest absolute Gasteiger partial charge is 0.258 e. The molecule has 4 nitrogen and oxygen atoms in total. The Morgan fingerprint density at radius 2 is 1.63 bits per heavy atom. The summed E-state index contributed by atoms with van der Waals surface area (Å²) in [6.45, 7) is 0.654. The van der Waals surface area contributed by atoms with Crippen LogP contribution >= 0.6 is 46.3 Å². The van der Waals surface area contributed by atoms with Crippen LogP contribution in [0, 0.1) is 0 Å². The summed E-state index contributed by atoms with van der Waals surface area (Å²) in [7, 11) is 0. The van der Waals surface area contributed by atoms with Crippen LogP contribution in [0.15, 0.2) is 83.1 Å². The second-order valence-corrected chi connectivity index (χ2v) is 11.3. The molecule has 0 saturated heterocycles. The van der Waals surface area contributed by atoms with Gasteiger partial charge in [0.1, 0.15) is 0 Å². The number of thiophene rings is 1. The Morgan fingerprint density at radius 3 is 2.34 bits per heavy atom. The SMILES string of the molecule is O=C(Nc1ccc(C(=O)N2CCSc3sc(Cc4ccccc4)cc32)cc1)c1c(Cl)cccc1Cl. The van der Waals surface area contributed by atoms with Gasteiger partial charge < -0.3 is 10.2 Å². The van der Waals surface area contributed by atoms with Crippen molar-refractivity contribution < 1.29 is 9.59 Å². The molecule has 1 aliphatic heterocycles. The second kappa shape index (κ2) is 10.5. The van der Waals surface area contributed by atoms with E-state index in [-0.39, 0.29) is 21.5 Å². The third-order valence-electron chi connectivity index (χ3n) is 5.62. The Kier molecular flexibility index (Phi) is 7.16. The fourth-order valence-corrected chi connectivity index (χ4v) is 6.98. The zero-order chi connectivity index (χ0) is 24.4. The van der Waals surface area contributed by atoms with E-state index in [2.05, 4.69) is 23.5 Å². The maximum atomic E-state index is 13.4. The first kappa shape index (κ1) is 23.9. The van der Waals surface area contributed by atoms with Gasteiger partial charge >= 0.3 is 0 Å². The lowest BCUT2D eigenvalue weighted by molar-refractivity contribution is 0.0986. The number of nitrogens with zero attached hydrogens (tertiary/aromatic N) is 1. The molecule has 176 valence electrons. The summed E-state index contributed by atoms with van der Waals surface area (Å²) >= 11 is 15.8. The quantitative estimate of drug-likeness (QED) is 0.283. The number of fused-ring (bicyclic) bond motifs is 1. The molecule has 2 amide bonds. The lowest BCUT2D eigenvalue weighted by atomic mass is 10.1. The summed E-state index contributed by atoms with van der Waals surface area (Å²) in [5.41, 5.74) is 3.57. The van der Waals surface area contributed by atoms with Crippen molar-refractivity contribution in [3.8, 4) is 0 Å². The molecule has 0 spiro atoms. The Balaban J connectivity index is 1.31. The number of carbonyl (C=O) groups is 2. The van der Waals surface area contributed by atoms with E-state index in [4.69, 9.17) is 23.2 Å². The van der Waals surface area contributed by atoms with E-state index in [0.29, 0.717) is 17.8 Å². The summed E-state index contributed by atoms with van der Waals surface area (Å²) < 4.78 is 1.18. The van der Waals surface area contributed by atoms with E-state index in [0.717, 1.165) is 17.9 Å². The van der Waals surface area contributed by atoms with Crippen LogP contribution in [-0.4, -0.2) is 24.1 Å². The lowest BCUT2D eigenvalue weighted by Crippen LogP contribution is -2.34. The molecule has 2 heterocycles. The molecular weight excluding hydrogens is 519 g/mol. The number of halogens is 2. The van der Waals surface area contributed by atoms with E-state index >= 15 is 0 Å². The Morgan fingerprint density at radius 1 is 0.914 bits per heavy atom. The minimum atomic E-state index is -0.401. The molecule has 1 aliphatic rings. The zero-order valence-corrected chi connectivity index (χ0v) is 21.6. The monoisotopic (exact) mass is 538 g/mol. The van der Waals surface area contributed by atoms with Crippen LogP contribution in [0.1, 0.15) is 31.2 Å². The van der Waals surface area contributed by atoms with Crippen molar-refractivity contribution in [2.75, 3.05) is 22.5 Å². The molecule has 0 atom stereocenters. The number of nitrogens with one attached hydrogen (secondary N) is 1. The normalized spacial score (nSPS) is 12.8. The average molecular weight is 540 g/mol. The van der Waals surface area contributed by atoms with Crippen LogP contribution in [0.25, 0.3) is 0 Å². The highest BCUT2D eigenvalue weighted by atomic mass is 35.5. The van der Waals surface area contributed by atoms with Gasteiger partial charge in [0, 0.05) is 34.8 Å². The Labute approximate surface area is 221 Å². The molecule has 8 heteroatoms. The number of thioether (sulfide) groups is 1. The number of amides is 2. The Hall–Kier alpha value is -2.77. The van der Waals surface area contributed by atoms with E-state index in [1.165, 1.54) is 14.6 Å². The van der Waals surface area contributed by atoms with Gasteiger partial charge in [0.05, 0.1) is 25.5 Å². The van der Waals surface area contributed by atoms with Crippen LogP contribution in [0.3, 0.4) is 0 Å². The van der Waals surface area contributed by atoms with Crippen molar-refractivity contribution in [2.24, 2.45) is 0 Å². The van der Waals surface area contributed by atoms with Crippen molar-refractivity contribution in [1.82, 2.24) is 0 Å². The zero-order valence-electron chi connectivity index (χ0n) is 18.5. The molecule has 1 aromatic heterocycles. The van der Waals surface area contributed by atoms with Gasteiger partial charge in [-0.1, -0.05) is 59.6 Å². The fraction of sp³-hybridized carbons (Fsp3) is 0.111. The average Bonchev–Trinajstić information content (AvgIpc) is 3.27. The van der Waals surface area contributed by atoms with Crippen LogP contribution in [0.4, 0.5) is 11.4 Å². The standard InChI is InChI=1S/C27H20Cl2N2O2S2/c28-21-7-4-8-22(29)24(21)25(32)30-19-11-9-18(10-12-19)26(33)31-13-14-34-27-23(31)16-20(35-27)15-17-5-2-1-3-6-17/h1-12,16H,13-15H2,(H,30,32). The minimum absolute atomic E-state index is 0.0531. The van der Waals surface area contributed by atoms with Crippen molar-refractivity contribution in [3.63, 3.8) is 0 Å². The summed E-state index contributed by atoms with van der Waals surface area (Å²) in [4.78, 5) is 29.1. The number of hydrogen-bond donors (Lipinski definition) is 1. The van der Waals surface area contributed by atoms with Gasteiger partial charge in [0.15, 0.2) is 0 Å². The van der Waals surface area contributed by atoms with Crippen LogP contribution < -0.4 is 10.2 Å². The number of anilines is 2. The number of rotatable bonds is 5. The largest absolute Gasteiger partial charge is 0.322 e. The third-order valence-corrected chi connectivity index (χ3v) is 8.63. The minimum Gasteiger partial charge on any atom is -0.322 e. The Bertz CT molecular complexity index is 1370. The highest BCUT2D eigenvalue weighted by molar-refractivity contribution is 8.01. The first-order valence-corrected chi connectivity index (χ1v) is 13.5. The number of carbonyl (C=O) groups excluding carboxylic acids is 2. The maximum absolute atomic E-state index is 13.4. The highest BCUT2D eigenvalue weighted by Crippen LogP contribution is 2.42. The second-order valence-electron chi connectivity index (χ2n) is 7.98. The molecule has 0 aliphatic carbocycles. The summed E-state index contributed by atoms with van der Waals surface area (Å²) in [5.74, 6) is 0.403. The molecular formula is C27H20Cl2N2O2S2. The highest BCUT2D eigenvalue weighted by Gasteiger charge is 2.26. The predicted molar refractivity (Wildman–Crippen MR) is 147 cm³/mol. The summed E-state index contributed by atoms with van der Waals surface area (Å²) in [6, 6.07) is 24.3. The van der Waals surface area contributed by atoms with Crippen LogP contribution in [-0.2, 0) is 6.42 Å². The van der Waals surface area contributed by atoms with Gasteiger partial charge in [-0.15, -0.1) is 23.1 Å². The molecule has 35 heavy (non-hydrogen) atoms. The van der Waals surface area contributed by atoms with Crippen molar-refractivity contribution in [3.05, 3.63) is 110 Å². The topological polar surface area (TPSA) is 49.4 Å². The molecule has 0 bridgehead atoms. The van der Waals surface area contributed by atoms with Crippen molar-refractivity contribution in [2.45, 2.75) is 10.6 Å². The van der Waals surface area contributed by atoms with E-state index in [1.54, 1.807) is 65.6 Å². The van der Waals surface area contributed by atoms with Crippen molar-refractivity contribution in [1.29, 1.82) is 0 Å². The van der Waals surface area contributed by atoms with Crippen LogP contribution in [0.5, 0.6) is 0 Å². The van der Waals surface area contributed by atoms with Crippen LogP contribution in [0.2, 0.25) is 10.0 Å². The molecule has 3 aromatic carbocycles. The summed E-state index contributed by atoms with van der Waals surface area (Å²) in [6.07, 6.45) is 0.852. The predicted octanol–water partition coefficient (Wildman–Crippen LogP) is 7.65. The van der Waals surface area contributed by atoms with Gasteiger partial charge in [0.2, 0.25) is 0 Å². The van der Waals surface area contributed by atoms with Gasteiger partial charge in [-0.25, -0.2) is 0 Å². The number of hydrogen-bond acceptors (Lipinski definition) is 4. The fourth-order valence-electron chi connectivity index (χ4n) is 3.91. The van der Waals surface area contributed by atoms with E-state index in [1.807, 2.05) is 23.1 Å². The third kappa shape index (κ3) is 5.26. The molecule has 0 fully saturated rings. The van der Waals surface area contributed by atoms with Gasteiger partial charge in [-0.3, -0.25) is 9.59 Å². The van der Waals surface area contributed by atoms with E-state index in [9.17, 15) is 9.59 Å². The first-order chi connectivity index (χ1) is 17.0. The molecule has 4 aromatic rings. The molecule has 1 N–H and O–H groups in total. The van der Waals surface area contributed by atoms with Gasteiger partial charge in [-0.2, -0.15) is 0 Å². The van der Waals surface area contributed by atoms with Crippen molar-refractivity contribution >= 4 is 69.5 Å². The molecule has 5 rings (SSSR count). The maximum Gasteiger partial charge on any atom is 0.258 e. The molecule has 0 radical (unpaired) electrons. The van der Waals surface area contributed by atoms with Gasteiger partial charge in [0.25, 0.3) is 11.8 Å². The van der Waals surface area contributed by atoms with E-state index < -0.39 is 5.91 Å². The molecule has 0 unspecified atom stereocenters.